The largest absolute Gasteiger partial charge is 0.379 e. The molecule has 0 bridgehead atoms. The lowest BCUT2D eigenvalue weighted by atomic mass is 9.76. The molecule has 0 radical (unpaired) electrons. The molecule has 1 aromatic carbocycles. The predicted molar refractivity (Wildman–Crippen MR) is 63.3 cm³/mol. The molecular formula is C14H17NO. The molecule has 0 aromatic heterocycles. The van der Waals surface area contributed by atoms with Crippen LogP contribution in [0, 0.1) is 11.3 Å². The van der Waals surface area contributed by atoms with Crippen LogP contribution >= 0.6 is 0 Å². The van der Waals surface area contributed by atoms with E-state index in [1.807, 2.05) is 0 Å². The second-order valence-corrected chi connectivity index (χ2v) is 4.88. The van der Waals surface area contributed by atoms with Crippen LogP contribution in [0.5, 0.6) is 0 Å². The number of nitrogens with zero attached hydrogens (tertiary/aromatic N) is 1. The molecule has 1 aliphatic rings. The van der Waals surface area contributed by atoms with Gasteiger partial charge in [0.15, 0.2) is 0 Å². The minimum absolute atomic E-state index is 0.0374. The lowest BCUT2D eigenvalue weighted by molar-refractivity contribution is -0.0577. The van der Waals surface area contributed by atoms with Crippen LogP contribution < -0.4 is 0 Å². The lowest BCUT2D eigenvalue weighted by Crippen LogP contribution is -2.46. The average molecular weight is 215 g/mol. The molecule has 1 fully saturated rings. The van der Waals surface area contributed by atoms with Gasteiger partial charge in [0.25, 0.3) is 0 Å². The van der Waals surface area contributed by atoms with Crippen molar-refractivity contribution in [3.8, 4) is 6.07 Å². The Kier molecular flexibility index (Phi) is 2.98. The van der Waals surface area contributed by atoms with E-state index in [0.29, 0.717) is 25.6 Å². The van der Waals surface area contributed by atoms with E-state index in [1.54, 1.807) is 0 Å². The number of nitriles is 1. The van der Waals surface area contributed by atoms with E-state index in [0.717, 1.165) is 0 Å². The molecule has 0 aliphatic carbocycles. The monoisotopic (exact) mass is 215 g/mol. The van der Waals surface area contributed by atoms with Crippen LogP contribution in [0.25, 0.3) is 0 Å². The third-order valence-corrected chi connectivity index (χ3v) is 3.36. The van der Waals surface area contributed by atoms with Crippen LogP contribution in [-0.4, -0.2) is 13.2 Å². The summed E-state index contributed by atoms with van der Waals surface area (Å²) >= 11 is 0. The molecular weight excluding hydrogens is 198 g/mol. The fourth-order valence-corrected chi connectivity index (χ4v) is 2.09. The van der Waals surface area contributed by atoms with Crippen LogP contribution in [0.1, 0.15) is 37.3 Å². The maximum Gasteiger partial charge on any atom is 0.0632 e. The molecule has 1 heterocycles. The fraction of sp³-hybridized carbons (Fsp3) is 0.500. The van der Waals surface area contributed by atoms with E-state index >= 15 is 0 Å². The van der Waals surface area contributed by atoms with E-state index in [1.165, 1.54) is 11.1 Å². The Morgan fingerprint density at radius 1 is 1.31 bits per heavy atom. The van der Waals surface area contributed by atoms with Crippen molar-refractivity contribution in [2.45, 2.75) is 31.6 Å². The molecule has 0 amide bonds. The Hall–Kier alpha value is -1.33. The van der Waals surface area contributed by atoms with Crippen molar-refractivity contribution >= 4 is 0 Å². The van der Waals surface area contributed by atoms with Crippen molar-refractivity contribution in [1.82, 2.24) is 0 Å². The molecule has 84 valence electrons. The molecule has 1 saturated heterocycles. The molecule has 16 heavy (non-hydrogen) atoms. The fourth-order valence-electron chi connectivity index (χ4n) is 2.09. The highest BCUT2D eigenvalue weighted by Gasteiger charge is 2.40. The maximum absolute atomic E-state index is 8.87. The van der Waals surface area contributed by atoms with Crippen LogP contribution in [-0.2, 0) is 10.2 Å². The zero-order valence-corrected chi connectivity index (χ0v) is 9.86. The van der Waals surface area contributed by atoms with Crippen LogP contribution in [0.15, 0.2) is 24.3 Å². The van der Waals surface area contributed by atoms with E-state index < -0.39 is 0 Å². The van der Waals surface area contributed by atoms with Gasteiger partial charge in [0, 0.05) is 6.42 Å². The first-order valence-electron chi connectivity index (χ1n) is 5.73. The van der Waals surface area contributed by atoms with Gasteiger partial charge in [0.2, 0.25) is 0 Å². The summed E-state index contributed by atoms with van der Waals surface area (Å²) in [4.78, 5) is 0. The molecule has 2 nitrogen and oxygen atoms in total. The normalized spacial score (nSPS) is 17.9. The van der Waals surface area contributed by atoms with E-state index in [9.17, 15) is 0 Å². The average Bonchev–Trinajstić information content (AvgIpc) is 2.23. The van der Waals surface area contributed by atoms with Gasteiger partial charge in [0.1, 0.15) is 0 Å². The summed E-state index contributed by atoms with van der Waals surface area (Å²) < 4.78 is 5.27. The van der Waals surface area contributed by atoms with Gasteiger partial charge in [0.05, 0.1) is 24.7 Å². The molecule has 0 unspecified atom stereocenters. The van der Waals surface area contributed by atoms with Crippen LogP contribution in [0.3, 0.4) is 0 Å². The minimum atomic E-state index is -0.0374. The van der Waals surface area contributed by atoms with Gasteiger partial charge in [-0.3, -0.25) is 0 Å². The molecule has 2 heteroatoms. The summed E-state index contributed by atoms with van der Waals surface area (Å²) in [5.41, 5.74) is 2.55. The molecule has 0 atom stereocenters. The second-order valence-electron chi connectivity index (χ2n) is 4.88. The topological polar surface area (TPSA) is 33.0 Å². The summed E-state index contributed by atoms with van der Waals surface area (Å²) in [6, 6.07) is 10.9. The van der Waals surface area contributed by atoms with Gasteiger partial charge in [-0.1, -0.05) is 38.1 Å². The standard InChI is InChI=1S/C14H17NO/c1-11(2)12-3-5-13(6-4-12)14(7-8-15)9-16-10-14/h3-6,11H,7,9-10H2,1-2H3. The Labute approximate surface area is 96.9 Å². The number of ether oxygens (including phenoxy) is 1. The molecule has 0 N–H and O–H groups in total. The number of hydrogen-bond donors (Lipinski definition) is 0. The van der Waals surface area contributed by atoms with E-state index in [4.69, 9.17) is 10.00 Å². The summed E-state index contributed by atoms with van der Waals surface area (Å²) in [6.07, 6.45) is 0.550. The second kappa shape index (κ2) is 4.27. The Bertz CT molecular complexity index is 396. The van der Waals surface area contributed by atoms with Gasteiger partial charge in [-0.15, -0.1) is 0 Å². The van der Waals surface area contributed by atoms with Crippen molar-refractivity contribution in [2.75, 3.05) is 13.2 Å². The number of rotatable bonds is 3. The third kappa shape index (κ3) is 1.83. The molecule has 1 aromatic rings. The summed E-state index contributed by atoms with van der Waals surface area (Å²) in [5, 5.41) is 8.87. The highest BCUT2D eigenvalue weighted by Crippen LogP contribution is 2.35. The van der Waals surface area contributed by atoms with Gasteiger partial charge < -0.3 is 4.74 Å². The van der Waals surface area contributed by atoms with Gasteiger partial charge >= 0.3 is 0 Å². The highest BCUT2D eigenvalue weighted by atomic mass is 16.5. The van der Waals surface area contributed by atoms with Gasteiger partial charge in [-0.2, -0.15) is 5.26 Å². The molecule has 2 rings (SSSR count). The summed E-state index contributed by atoms with van der Waals surface area (Å²) in [5.74, 6) is 0.554. The van der Waals surface area contributed by atoms with Gasteiger partial charge in [-0.25, -0.2) is 0 Å². The molecule has 1 aliphatic heterocycles. The molecule has 0 spiro atoms. The highest BCUT2D eigenvalue weighted by molar-refractivity contribution is 5.33. The predicted octanol–water partition coefficient (Wildman–Crippen LogP) is 2.99. The number of hydrogen-bond acceptors (Lipinski definition) is 2. The van der Waals surface area contributed by atoms with Crippen molar-refractivity contribution < 1.29 is 4.74 Å². The maximum atomic E-state index is 8.87. The van der Waals surface area contributed by atoms with E-state index in [-0.39, 0.29) is 5.41 Å². The first kappa shape index (κ1) is 11.2. The third-order valence-electron chi connectivity index (χ3n) is 3.36. The zero-order chi connectivity index (χ0) is 11.6. The Balaban J connectivity index is 2.24. The SMILES string of the molecule is CC(C)c1ccc(C2(CC#N)COC2)cc1. The van der Waals surface area contributed by atoms with Crippen molar-refractivity contribution in [3.05, 3.63) is 35.4 Å². The first-order chi connectivity index (χ1) is 7.68. The van der Waals surface area contributed by atoms with Gasteiger partial charge in [-0.05, 0) is 17.0 Å². The Morgan fingerprint density at radius 2 is 1.94 bits per heavy atom. The summed E-state index contributed by atoms with van der Waals surface area (Å²) in [6.45, 7) is 5.74. The smallest absolute Gasteiger partial charge is 0.0632 e. The molecule has 0 saturated carbocycles. The number of benzene rings is 1. The van der Waals surface area contributed by atoms with Crippen molar-refractivity contribution in [2.24, 2.45) is 0 Å². The Morgan fingerprint density at radius 3 is 2.31 bits per heavy atom. The lowest BCUT2D eigenvalue weighted by Gasteiger charge is -2.40. The first-order valence-corrected chi connectivity index (χ1v) is 5.73. The minimum Gasteiger partial charge on any atom is -0.379 e. The van der Waals surface area contributed by atoms with Crippen LogP contribution in [0.4, 0.5) is 0 Å². The zero-order valence-electron chi connectivity index (χ0n) is 9.86. The van der Waals surface area contributed by atoms with Crippen molar-refractivity contribution in [1.29, 1.82) is 5.26 Å². The van der Waals surface area contributed by atoms with Crippen LogP contribution in [0.2, 0.25) is 0 Å². The van der Waals surface area contributed by atoms with E-state index in [2.05, 4.69) is 44.2 Å². The summed E-state index contributed by atoms with van der Waals surface area (Å²) in [7, 11) is 0. The van der Waals surface area contributed by atoms with Crippen molar-refractivity contribution in [3.63, 3.8) is 0 Å². The quantitative estimate of drug-likeness (QED) is 0.776.